The molecule has 1 fully saturated rings. The van der Waals surface area contributed by atoms with Crippen LogP contribution in [-0.4, -0.2) is 54.1 Å². The molecule has 1 aromatic heterocycles. The molecule has 0 unspecified atom stereocenters. The van der Waals surface area contributed by atoms with Crippen LogP contribution in [0.5, 0.6) is 0 Å². The Hall–Kier alpha value is -2.47. The fourth-order valence-electron chi connectivity index (χ4n) is 3.82. The second kappa shape index (κ2) is 8.91. The Morgan fingerprint density at radius 3 is 2.41 bits per heavy atom. The summed E-state index contributed by atoms with van der Waals surface area (Å²) in [4.78, 5) is 29.1. The van der Waals surface area contributed by atoms with Crippen molar-refractivity contribution >= 4 is 29.2 Å². The summed E-state index contributed by atoms with van der Waals surface area (Å²) in [7, 11) is 0. The maximum Gasteiger partial charge on any atom is 0.339 e. The average Bonchev–Trinajstić information content (AvgIpc) is 2.98. The first-order valence-corrected chi connectivity index (χ1v) is 10.3. The lowest BCUT2D eigenvalue weighted by atomic mass is 10.1. The standard InChI is InChI=1S/C22H28ClN3O3/c1-5-29-22(28)19-12-16(3)26(17(19)4)14-21(27)25-10-8-24(9-11-25)20-13-18(23)7-6-15(20)2/h6-7,12-13H,5,8-11,14H2,1-4H3. The highest BCUT2D eigenvalue weighted by Crippen LogP contribution is 2.25. The zero-order valence-corrected chi connectivity index (χ0v) is 18.3. The molecule has 2 heterocycles. The number of benzene rings is 1. The van der Waals surface area contributed by atoms with Gasteiger partial charge in [-0.2, -0.15) is 0 Å². The number of piperazine rings is 1. The molecule has 1 saturated heterocycles. The van der Waals surface area contributed by atoms with Crippen LogP contribution >= 0.6 is 11.6 Å². The maximum atomic E-state index is 12.9. The van der Waals surface area contributed by atoms with E-state index in [9.17, 15) is 9.59 Å². The van der Waals surface area contributed by atoms with E-state index in [0.717, 1.165) is 35.2 Å². The zero-order chi connectivity index (χ0) is 21.1. The number of aromatic nitrogens is 1. The fourth-order valence-corrected chi connectivity index (χ4v) is 3.98. The third kappa shape index (κ3) is 4.58. The van der Waals surface area contributed by atoms with E-state index in [1.165, 1.54) is 5.56 Å². The number of aryl methyl sites for hydroxylation is 2. The smallest absolute Gasteiger partial charge is 0.339 e. The lowest BCUT2D eigenvalue weighted by Gasteiger charge is -2.37. The molecule has 2 aromatic rings. The molecule has 0 atom stereocenters. The van der Waals surface area contributed by atoms with Gasteiger partial charge in [0.2, 0.25) is 5.91 Å². The molecule has 156 valence electrons. The lowest BCUT2D eigenvalue weighted by Crippen LogP contribution is -2.49. The predicted octanol–water partition coefficient (Wildman–Crippen LogP) is 3.59. The molecule has 0 radical (unpaired) electrons. The second-order valence-corrected chi connectivity index (χ2v) is 7.83. The molecular formula is C22H28ClN3O3. The summed E-state index contributed by atoms with van der Waals surface area (Å²) in [6.07, 6.45) is 0. The highest BCUT2D eigenvalue weighted by atomic mass is 35.5. The Balaban J connectivity index is 1.65. The Labute approximate surface area is 177 Å². The summed E-state index contributed by atoms with van der Waals surface area (Å²) in [5.74, 6) is -0.283. The van der Waals surface area contributed by atoms with Gasteiger partial charge in [0, 0.05) is 48.3 Å². The molecule has 0 aliphatic carbocycles. The van der Waals surface area contributed by atoms with Gasteiger partial charge in [0.25, 0.3) is 0 Å². The molecule has 7 heteroatoms. The van der Waals surface area contributed by atoms with E-state index in [4.69, 9.17) is 16.3 Å². The first-order chi connectivity index (χ1) is 13.8. The first kappa shape index (κ1) is 21.2. The highest BCUT2D eigenvalue weighted by Gasteiger charge is 2.24. The Morgan fingerprint density at radius 2 is 1.76 bits per heavy atom. The number of carbonyl (C=O) groups is 2. The van der Waals surface area contributed by atoms with Crippen LogP contribution in [0.2, 0.25) is 5.02 Å². The fraction of sp³-hybridized carbons (Fsp3) is 0.455. The third-order valence-corrected chi connectivity index (χ3v) is 5.74. The number of rotatable bonds is 5. The minimum atomic E-state index is -0.343. The third-order valence-electron chi connectivity index (χ3n) is 5.51. The minimum Gasteiger partial charge on any atom is -0.462 e. The van der Waals surface area contributed by atoms with Gasteiger partial charge in [0.05, 0.1) is 12.2 Å². The summed E-state index contributed by atoms with van der Waals surface area (Å²) in [6.45, 7) is 11.0. The van der Waals surface area contributed by atoms with Crippen molar-refractivity contribution in [3.63, 3.8) is 0 Å². The molecule has 0 spiro atoms. The van der Waals surface area contributed by atoms with Gasteiger partial charge >= 0.3 is 5.97 Å². The summed E-state index contributed by atoms with van der Waals surface area (Å²) in [5.41, 5.74) is 4.48. The SMILES string of the molecule is CCOC(=O)c1cc(C)n(CC(=O)N2CCN(c3cc(Cl)ccc3C)CC2)c1C. The van der Waals surface area contributed by atoms with E-state index >= 15 is 0 Å². The summed E-state index contributed by atoms with van der Waals surface area (Å²) >= 11 is 6.15. The van der Waals surface area contributed by atoms with E-state index in [0.29, 0.717) is 25.3 Å². The lowest BCUT2D eigenvalue weighted by molar-refractivity contribution is -0.132. The van der Waals surface area contributed by atoms with Crippen molar-refractivity contribution in [2.75, 3.05) is 37.7 Å². The number of hydrogen-bond donors (Lipinski definition) is 0. The number of carbonyl (C=O) groups excluding carboxylic acids is 2. The molecule has 1 aliphatic heterocycles. The summed E-state index contributed by atoms with van der Waals surface area (Å²) in [6, 6.07) is 7.69. The van der Waals surface area contributed by atoms with Crippen LogP contribution in [0.15, 0.2) is 24.3 Å². The molecule has 1 aromatic carbocycles. The van der Waals surface area contributed by atoms with Crippen molar-refractivity contribution in [2.24, 2.45) is 0 Å². The number of anilines is 1. The largest absolute Gasteiger partial charge is 0.462 e. The van der Waals surface area contributed by atoms with E-state index in [1.54, 1.807) is 13.0 Å². The Bertz CT molecular complexity index is 914. The molecule has 29 heavy (non-hydrogen) atoms. The van der Waals surface area contributed by atoms with Crippen LogP contribution in [-0.2, 0) is 16.1 Å². The number of nitrogens with zero attached hydrogens (tertiary/aromatic N) is 3. The summed E-state index contributed by atoms with van der Waals surface area (Å²) in [5, 5.41) is 0.722. The molecule has 0 saturated carbocycles. The van der Waals surface area contributed by atoms with E-state index in [1.807, 2.05) is 41.5 Å². The number of ether oxygens (including phenoxy) is 1. The molecule has 3 rings (SSSR count). The van der Waals surface area contributed by atoms with Gasteiger partial charge in [-0.1, -0.05) is 17.7 Å². The first-order valence-electron chi connectivity index (χ1n) is 9.94. The van der Waals surface area contributed by atoms with Crippen LogP contribution in [0.1, 0.15) is 34.2 Å². The summed E-state index contributed by atoms with van der Waals surface area (Å²) < 4.78 is 7.00. The average molecular weight is 418 g/mol. The number of halogens is 1. The van der Waals surface area contributed by atoms with Gasteiger partial charge in [0.15, 0.2) is 0 Å². The normalized spacial score (nSPS) is 14.2. The van der Waals surface area contributed by atoms with Gasteiger partial charge < -0.3 is 19.1 Å². The van der Waals surface area contributed by atoms with Crippen LogP contribution in [0.25, 0.3) is 0 Å². The molecule has 0 bridgehead atoms. The number of amides is 1. The highest BCUT2D eigenvalue weighted by molar-refractivity contribution is 6.30. The van der Waals surface area contributed by atoms with Crippen molar-refractivity contribution in [1.82, 2.24) is 9.47 Å². The molecule has 1 aliphatic rings. The van der Waals surface area contributed by atoms with Crippen molar-refractivity contribution in [2.45, 2.75) is 34.2 Å². The van der Waals surface area contributed by atoms with Crippen LogP contribution in [0.4, 0.5) is 5.69 Å². The predicted molar refractivity (Wildman–Crippen MR) is 115 cm³/mol. The van der Waals surface area contributed by atoms with Gasteiger partial charge in [-0.05, 0) is 51.5 Å². The van der Waals surface area contributed by atoms with E-state index in [2.05, 4.69) is 11.8 Å². The maximum absolute atomic E-state index is 12.9. The van der Waals surface area contributed by atoms with Crippen molar-refractivity contribution in [3.8, 4) is 0 Å². The minimum absolute atomic E-state index is 0.0599. The van der Waals surface area contributed by atoms with Crippen molar-refractivity contribution < 1.29 is 14.3 Å². The molecule has 0 N–H and O–H groups in total. The van der Waals surface area contributed by atoms with E-state index < -0.39 is 0 Å². The van der Waals surface area contributed by atoms with Crippen LogP contribution in [0.3, 0.4) is 0 Å². The van der Waals surface area contributed by atoms with Crippen molar-refractivity contribution in [3.05, 3.63) is 51.8 Å². The monoisotopic (exact) mass is 417 g/mol. The Morgan fingerprint density at radius 1 is 1.07 bits per heavy atom. The van der Waals surface area contributed by atoms with E-state index in [-0.39, 0.29) is 18.4 Å². The quantitative estimate of drug-likeness (QED) is 0.697. The molecular weight excluding hydrogens is 390 g/mol. The topological polar surface area (TPSA) is 54.8 Å². The van der Waals surface area contributed by atoms with Gasteiger partial charge in [-0.25, -0.2) is 4.79 Å². The second-order valence-electron chi connectivity index (χ2n) is 7.39. The Kier molecular flexibility index (Phi) is 6.52. The van der Waals surface area contributed by atoms with Crippen molar-refractivity contribution in [1.29, 1.82) is 0 Å². The number of esters is 1. The van der Waals surface area contributed by atoms with Gasteiger partial charge in [-0.3, -0.25) is 4.79 Å². The molecule has 1 amide bonds. The van der Waals surface area contributed by atoms with Crippen LogP contribution in [0, 0.1) is 20.8 Å². The van der Waals surface area contributed by atoms with Gasteiger partial charge in [-0.15, -0.1) is 0 Å². The van der Waals surface area contributed by atoms with Crippen LogP contribution < -0.4 is 4.90 Å². The zero-order valence-electron chi connectivity index (χ0n) is 17.5. The molecule has 6 nitrogen and oxygen atoms in total. The number of hydrogen-bond acceptors (Lipinski definition) is 4. The van der Waals surface area contributed by atoms with Gasteiger partial charge in [0.1, 0.15) is 6.54 Å².